The number of halogens is 2. The third-order valence-electron chi connectivity index (χ3n) is 4.52. The number of hydrogen-bond donors (Lipinski definition) is 2. The number of carboxylic acid groups (broad SMARTS) is 1. The predicted molar refractivity (Wildman–Crippen MR) is 90.7 cm³/mol. The van der Waals surface area contributed by atoms with Crippen LogP contribution in [0.25, 0.3) is 16.8 Å². The van der Waals surface area contributed by atoms with Crippen molar-refractivity contribution in [1.82, 2.24) is 24.3 Å². The Morgan fingerprint density at radius 3 is 2.93 bits per heavy atom. The van der Waals surface area contributed by atoms with E-state index in [1.165, 1.54) is 15.6 Å². The van der Waals surface area contributed by atoms with Gasteiger partial charge in [0.25, 0.3) is 0 Å². The van der Waals surface area contributed by atoms with Crippen LogP contribution in [0.5, 0.6) is 5.75 Å². The molecule has 3 N–H and O–H groups in total. The molecule has 0 aliphatic carbocycles. The lowest BCUT2D eigenvalue weighted by Crippen LogP contribution is -2.53. The second-order valence-electron chi connectivity index (χ2n) is 6.16. The van der Waals surface area contributed by atoms with Crippen LogP contribution in [0.15, 0.2) is 30.6 Å². The molecule has 1 amide bonds. The van der Waals surface area contributed by atoms with Gasteiger partial charge in [-0.1, -0.05) is 0 Å². The number of fused-ring (bicyclic) bond motifs is 1. The number of ether oxygens (including phenoxy) is 1. The van der Waals surface area contributed by atoms with Crippen molar-refractivity contribution in [1.29, 1.82) is 0 Å². The average Bonchev–Trinajstić information content (AvgIpc) is 3.15. The quantitative estimate of drug-likeness (QED) is 0.705. The summed E-state index contributed by atoms with van der Waals surface area (Å²) in [6.07, 6.45) is 2.44. The van der Waals surface area contributed by atoms with Crippen molar-refractivity contribution in [3.8, 4) is 17.0 Å². The second-order valence-corrected chi connectivity index (χ2v) is 6.16. The van der Waals surface area contributed by atoms with E-state index in [-0.39, 0.29) is 24.1 Å². The summed E-state index contributed by atoms with van der Waals surface area (Å²) in [6, 6.07) is 4.57. The van der Waals surface area contributed by atoms with Crippen molar-refractivity contribution in [3.63, 3.8) is 0 Å². The largest absolute Gasteiger partial charge is 0.487 e. The topological polar surface area (TPSA) is 111 Å². The Morgan fingerprint density at radius 1 is 1.44 bits per heavy atom. The summed E-state index contributed by atoms with van der Waals surface area (Å²) in [4.78, 5) is 12.3. The van der Waals surface area contributed by atoms with Crippen LogP contribution < -0.4 is 10.5 Å². The molecule has 3 aromatic heterocycles. The van der Waals surface area contributed by atoms with Gasteiger partial charge in [0.2, 0.25) is 0 Å². The number of rotatable bonds is 5. The fraction of sp³-hybridized carbons (Fsp3) is 0.312. The molecule has 0 saturated carbocycles. The highest BCUT2D eigenvalue weighted by Crippen LogP contribution is 2.34. The number of likely N-dealkylation sites (tertiary alicyclic amines) is 1. The highest BCUT2D eigenvalue weighted by Gasteiger charge is 2.33. The first-order valence-corrected chi connectivity index (χ1v) is 8.17. The number of anilines is 1. The number of hydrogen-bond acceptors (Lipinski definition) is 5. The molecule has 4 rings (SSSR count). The molecule has 4 heterocycles. The fourth-order valence-corrected chi connectivity index (χ4v) is 3.09. The van der Waals surface area contributed by atoms with Gasteiger partial charge in [-0.2, -0.15) is 23.7 Å². The fourth-order valence-electron chi connectivity index (χ4n) is 3.09. The van der Waals surface area contributed by atoms with Crippen LogP contribution in [-0.2, 0) is 0 Å². The Balaban J connectivity index is 1.65. The van der Waals surface area contributed by atoms with Crippen molar-refractivity contribution >= 4 is 17.4 Å². The first-order valence-electron chi connectivity index (χ1n) is 8.17. The maximum absolute atomic E-state index is 13.4. The van der Waals surface area contributed by atoms with Gasteiger partial charge < -0.3 is 20.5 Å². The van der Waals surface area contributed by atoms with E-state index in [1.54, 1.807) is 24.4 Å². The van der Waals surface area contributed by atoms with Gasteiger partial charge in [0.05, 0.1) is 17.8 Å². The van der Waals surface area contributed by atoms with Crippen molar-refractivity contribution in [2.75, 3.05) is 18.9 Å². The van der Waals surface area contributed by atoms with E-state index in [1.807, 2.05) is 0 Å². The Hall–Kier alpha value is -3.37. The Kier molecular flexibility index (Phi) is 4.05. The molecular weight excluding hydrogens is 362 g/mol. The van der Waals surface area contributed by atoms with E-state index >= 15 is 0 Å². The van der Waals surface area contributed by atoms with Gasteiger partial charge in [-0.3, -0.25) is 0 Å². The van der Waals surface area contributed by atoms with Crippen LogP contribution in [-0.4, -0.2) is 54.7 Å². The summed E-state index contributed by atoms with van der Waals surface area (Å²) >= 11 is 0. The summed E-state index contributed by atoms with van der Waals surface area (Å²) in [5.74, 6) is 0.467. The molecule has 1 fully saturated rings. The van der Waals surface area contributed by atoms with Crippen LogP contribution in [0.3, 0.4) is 0 Å². The van der Waals surface area contributed by atoms with E-state index in [0.717, 1.165) is 0 Å². The molecule has 0 spiro atoms. The SMILES string of the molecule is Nc1cc2cc(-c3c(OC[C@H]4CCN4C(=O)O)cnn3C(F)F)ccn2n1. The molecular formula is C16H16F2N6O3. The molecule has 11 heteroatoms. The summed E-state index contributed by atoms with van der Waals surface area (Å²) in [6.45, 7) is -2.36. The number of amides is 1. The number of nitrogens with zero attached hydrogens (tertiary/aromatic N) is 5. The van der Waals surface area contributed by atoms with E-state index in [2.05, 4.69) is 10.2 Å². The van der Waals surface area contributed by atoms with E-state index < -0.39 is 12.6 Å². The maximum atomic E-state index is 13.4. The zero-order valence-corrected chi connectivity index (χ0v) is 14.0. The molecule has 0 radical (unpaired) electrons. The first kappa shape index (κ1) is 17.1. The minimum atomic E-state index is -2.86. The smallest absolute Gasteiger partial charge is 0.407 e. The molecule has 0 aromatic carbocycles. The van der Waals surface area contributed by atoms with Crippen molar-refractivity contribution in [2.24, 2.45) is 0 Å². The molecule has 1 aliphatic heterocycles. The van der Waals surface area contributed by atoms with Gasteiger partial charge in [0.1, 0.15) is 18.1 Å². The van der Waals surface area contributed by atoms with Crippen LogP contribution in [0, 0.1) is 0 Å². The standard InChI is InChI=1S/C16H16F2N6O3/c17-15(18)24-14(9-1-4-23-11(5-9)6-13(19)21-23)12(7-20-24)27-8-10-2-3-22(10)16(25)26/h1,4-7,10,15H,2-3,8H2,(H2,19,21)(H,25,26)/t10-/m1/s1. The van der Waals surface area contributed by atoms with Crippen LogP contribution >= 0.6 is 0 Å². The minimum Gasteiger partial charge on any atom is -0.487 e. The van der Waals surface area contributed by atoms with E-state index in [4.69, 9.17) is 15.6 Å². The van der Waals surface area contributed by atoms with Crippen LogP contribution in [0.2, 0.25) is 0 Å². The molecule has 3 aromatic rings. The maximum Gasteiger partial charge on any atom is 0.407 e. The van der Waals surface area contributed by atoms with Gasteiger partial charge >= 0.3 is 12.6 Å². The summed E-state index contributed by atoms with van der Waals surface area (Å²) in [5, 5.41) is 16.8. The van der Waals surface area contributed by atoms with Gasteiger partial charge in [0.15, 0.2) is 5.75 Å². The van der Waals surface area contributed by atoms with E-state index in [9.17, 15) is 13.6 Å². The normalized spacial score (nSPS) is 16.7. The lowest BCUT2D eigenvalue weighted by atomic mass is 10.1. The predicted octanol–water partition coefficient (Wildman–Crippen LogP) is 2.31. The van der Waals surface area contributed by atoms with Crippen LogP contribution in [0.4, 0.5) is 19.4 Å². The number of aromatic nitrogens is 4. The molecule has 0 bridgehead atoms. The number of nitrogen functional groups attached to an aromatic ring is 1. The van der Waals surface area contributed by atoms with Gasteiger partial charge in [-0.15, -0.1) is 0 Å². The van der Waals surface area contributed by atoms with Crippen molar-refractivity contribution < 1.29 is 23.4 Å². The molecule has 1 atom stereocenters. The summed E-state index contributed by atoms with van der Waals surface area (Å²) < 4.78 is 34.6. The summed E-state index contributed by atoms with van der Waals surface area (Å²) in [5.41, 5.74) is 6.86. The molecule has 142 valence electrons. The zero-order valence-electron chi connectivity index (χ0n) is 14.0. The van der Waals surface area contributed by atoms with Gasteiger partial charge in [0, 0.05) is 24.4 Å². The average molecular weight is 378 g/mol. The number of nitrogens with two attached hydrogens (primary N) is 1. The third kappa shape index (κ3) is 3.00. The minimum absolute atomic E-state index is 0.0656. The molecule has 0 unspecified atom stereocenters. The molecule has 1 saturated heterocycles. The monoisotopic (exact) mass is 378 g/mol. The van der Waals surface area contributed by atoms with Gasteiger partial charge in [-0.05, 0) is 18.6 Å². The number of pyridine rings is 1. The zero-order chi connectivity index (χ0) is 19.1. The Labute approximate surface area is 151 Å². The molecule has 1 aliphatic rings. The van der Waals surface area contributed by atoms with Crippen molar-refractivity contribution in [3.05, 3.63) is 30.6 Å². The lowest BCUT2D eigenvalue weighted by Gasteiger charge is -2.38. The highest BCUT2D eigenvalue weighted by molar-refractivity contribution is 5.72. The summed E-state index contributed by atoms with van der Waals surface area (Å²) in [7, 11) is 0. The highest BCUT2D eigenvalue weighted by atomic mass is 19.3. The van der Waals surface area contributed by atoms with Gasteiger partial charge in [-0.25, -0.2) is 9.31 Å². The van der Waals surface area contributed by atoms with E-state index in [0.29, 0.717) is 34.5 Å². The number of carbonyl (C=O) groups is 1. The third-order valence-corrected chi connectivity index (χ3v) is 4.52. The molecule has 9 nitrogen and oxygen atoms in total. The van der Waals surface area contributed by atoms with Crippen LogP contribution in [0.1, 0.15) is 13.0 Å². The number of alkyl halides is 2. The Bertz CT molecular complexity index is 1000. The van der Waals surface area contributed by atoms with Crippen molar-refractivity contribution in [2.45, 2.75) is 19.0 Å². The molecule has 27 heavy (non-hydrogen) atoms. The lowest BCUT2D eigenvalue weighted by molar-refractivity contribution is 0.0493. The second kappa shape index (κ2) is 6.41. The Morgan fingerprint density at radius 2 is 2.26 bits per heavy atom. The first-order chi connectivity index (χ1) is 12.9.